The number of hydrogen-bond donors (Lipinski definition) is 9. The van der Waals surface area contributed by atoms with Gasteiger partial charge in [-0.2, -0.15) is 4.31 Å². The number of phosphoric ester groups is 3. The van der Waals surface area contributed by atoms with Crippen LogP contribution in [0.5, 0.6) is 0 Å². The Balaban J connectivity index is 1.30. The van der Waals surface area contributed by atoms with Crippen molar-refractivity contribution in [1.82, 2.24) is 30.2 Å². The van der Waals surface area contributed by atoms with Crippen molar-refractivity contribution in [3.63, 3.8) is 0 Å². The zero-order chi connectivity index (χ0) is 50.4. The maximum absolute atomic E-state index is 12.7. The van der Waals surface area contributed by atoms with E-state index >= 15 is 0 Å². The highest BCUT2D eigenvalue weighted by Gasteiger charge is 2.50. The summed E-state index contributed by atoms with van der Waals surface area (Å²) in [5, 5.41) is 26.5. The number of ether oxygens (including phenoxy) is 1. The summed E-state index contributed by atoms with van der Waals surface area (Å²) in [6, 6.07) is 0. The highest BCUT2D eigenvalue weighted by molar-refractivity contribution is 8.14. The number of aliphatic hydroxyl groups is 2. The second-order valence-electron chi connectivity index (χ2n) is 17.0. The summed E-state index contributed by atoms with van der Waals surface area (Å²) in [4.78, 5) is 88.3. The molecule has 0 bridgehead atoms. The van der Waals surface area contributed by atoms with E-state index in [-0.39, 0.29) is 41.6 Å². The number of phosphoric acid groups is 3. The van der Waals surface area contributed by atoms with E-state index in [9.17, 15) is 57.9 Å². The molecule has 388 valence electrons. The van der Waals surface area contributed by atoms with E-state index in [1.54, 1.807) is 6.08 Å². The van der Waals surface area contributed by atoms with E-state index in [1.165, 1.54) is 90.9 Å². The number of aliphatic hydroxyl groups excluding tert-OH is 2. The number of nitrogens with zero attached hydrogens (tertiary/aromatic N) is 4. The van der Waals surface area contributed by atoms with Gasteiger partial charge in [-0.3, -0.25) is 32.5 Å². The molecular weight excluding hydrogens is 975 g/mol. The fourth-order valence-electron chi connectivity index (χ4n) is 6.97. The minimum absolute atomic E-state index is 0.0326. The van der Waals surface area contributed by atoms with Crippen molar-refractivity contribution in [3.05, 3.63) is 24.8 Å². The van der Waals surface area contributed by atoms with Crippen molar-refractivity contribution < 1.29 is 80.5 Å². The molecule has 0 aromatic carbocycles. The van der Waals surface area contributed by atoms with Gasteiger partial charge in [-0.25, -0.2) is 28.6 Å². The summed E-state index contributed by atoms with van der Waals surface area (Å²) >= 11 is 1.07. The van der Waals surface area contributed by atoms with E-state index in [0.29, 0.717) is 5.75 Å². The third-order valence-electron chi connectivity index (χ3n) is 10.7. The Hall–Kier alpha value is -2.70. The number of nitrogens with one attached hydrogen (secondary N) is 2. The van der Waals surface area contributed by atoms with Gasteiger partial charge in [0.1, 0.15) is 36.3 Å². The Morgan fingerprint density at radius 2 is 1.50 bits per heavy atom. The van der Waals surface area contributed by atoms with Crippen LogP contribution in [0, 0.1) is 5.41 Å². The van der Waals surface area contributed by atoms with Crippen molar-refractivity contribution in [2.45, 2.75) is 154 Å². The van der Waals surface area contributed by atoms with Crippen molar-refractivity contribution in [1.29, 1.82) is 0 Å². The third kappa shape index (κ3) is 22.2. The van der Waals surface area contributed by atoms with E-state index in [2.05, 4.69) is 41.3 Å². The largest absolute Gasteiger partial charge is 0.481 e. The van der Waals surface area contributed by atoms with Gasteiger partial charge in [0.15, 0.2) is 17.7 Å². The minimum atomic E-state index is -5.58. The molecule has 1 saturated heterocycles. The average molecular weight is 1050 g/mol. The van der Waals surface area contributed by atoms with Crippen molar-refractivity contribution in [3.8, 4) is 0 Å². The zero-order valence-electron chi connectivity index (χ0n) is 38.8. The summed E-state index contributed by atoms with van der Waals surface area (Å²) in [5.74, 6) is -1.09. The molecule has 68 heavy (non-hydrogen) atoms. The molecule has 28 heteroatoms. The predicted octanol–water partition coefficient (Wildman–Crippen LogP) is 5.09. The number of anilines is 1. The SMILES string of the molecule is CCCCCCCCCCCCCCCC/C=C/C(=O)SCCNC(=O)CCNC(=O)[C@H](O)C(C)(C)COP(=O)(O)OP(=O)(O)OC[C@H]1O[C@@H](n2cnc3c(N)ncnc32)[C@H](O)[C@@H]1OP(=O)(O)O. The van der Waals surface area contributed by atoms with Crippen LogP contribution in [0.4, 0.5) is 5.82 Å². The number of rotatable bonds is 35. The summed E-state index contributed by atoms with van der Waals surface area (Å²) < 4.78 is 62.4. The molecule has 1 aliphatic heterocycles. The number of hydrogen-bond acceptors (Lipinski definition) is 18. The lowest BCUT2D eigenvalue weighted by Crippen LogP contribution is -2.46. The number of allylic oxidation sites excluding steroid dienone is 1. The molecule has 7 atom stereocenters. The molecule has 1 fully saturated rings. The van der Waals surface area contributed by atoms with Crippen LogP contribution in [0.15, 0.2) is 24.8 Å². The second-order valence-corrected chi connectivity index (χ2v) is 22.4. The third-order valence-corrected chi connectivity index (χ3v) is 14.7. The fraction of sp³-hybridized carbons (Fsp3) is 0.750. The Kier molecular flexibility index (Phi) is 25.9. The Morgan fingerprint density at radius 3 is 2.12 bits per heavy atom. The molecule has 3 rings (SSSR count). The number of aromatic nitrogens is 4. The monoisotopic (exact) mass is 1050 g/mol. The summed E-state index contributed by atoms with van der Waals surface area (Å²) in [6.07, 6.45) is 15.4. The Labute approximate surface area is 400 Å². The summed E-state index contributed by atoms with van der Waals surface area (Å²) in [6.45, 7) is 2.77. The smallest absolute Gasteiger partial charge is 0.386 e. The maximum Gasteiger partial charge on any atom is 0.481 e. The van der Waals surface area contributed by atoms with Gasteiger partial charge >= 0.3 is 23.5 Å². The summed E-state index contributed by atoms with van der Waals surface area (Å²) in [5.41, 5.74) is 4.28. The molecule has 2 aromatic heterocycles. The first-order valence-corrected chi connectivity index (χ1v) is 28.3. The molecule has 24 nitrogen and oxygen atoms in total. The lowest BCUT2D eigenvalue weighted by atomic mass is 9.87. The number of imidazole rings is 1. The first kappa shape index (κ1) is 59.6. The van der Waals surface area contributed by atoms with Crippen molar-refractivity contribution >= 4 is 69.1 Å². The molecule has 0 radical (unpaired) electrons. The van der Waals surface area contributed by atoms with E-state index < -0.39 is 84.6 Å². The van der Waals surface area contributed by atoms with Crippen LogP contribution in [0.2, 0.25) is 0 Å². The molecule has 0 saturated carbocycles. The van der Waals surface area contributed by atoms with Crippen LogP contribution in [-0.2, 0) is 50.7 Å². The van der Waals surface area contributed by atoms with Gasteiger partial charge in [-0.15, -0.1) is 0 Å². The van der Waals surface area contributed by atoms with Crippen molar-refractivity contribution in [2.24, 2.45) is 5.41 Å². The molecule has 0 spiro atoms. The van der Waals surface area contributed by atoms with Gasteiger partial charge in [-0.05, 0) is 18.9 Å². The van der Waals surface area contributed by atoms with Crippen LogP contribution in [0.1, 0.15) is 130 Å². The zero-order valence-corrected chi connectivity index (χ0v) is 42.3. The van der Waals surface area contributed by atoms with Crippen LogP contribution in [-0.4, -0.2) is 123 Å². The van der Waals surface area contributed by atoms with E-state index in [0.717, 1.165) is 48.2 Å². The molecule has 0 aliphatic carbocycles. The summed E-state index contributed by atoms with van der Waals surface area (Å²) in [7, 11) is -16.4. The predicted molar refractivity (Wildman–Crippen MR) is 251 cm³/mol. The normalized spacial score (nSPS) is 20.1. The Bertz CT molecular complexity index is 2060. The molecule has 10 N–H and O–H groups in total. The fourth-order valence-corrected chi connectivity index (χ4v) is 10.4. The Morgan fingerprint density at radius 1 is 0.897 bits per heavy atom. The lowest BCUT2D eigenvalue weighted by molar-refractivity contribution is -0.137. The number of unbranched alkanes of at least 4 members (excludes halogenated alkanes) is 14. The van der Waals surface area contributed by atoms with E-state index in [4.69, 9.17) is 19.5 Å². The maximum atomic E-state index is 12.7. The quantitative estimate of drug-likeness (QED) is 0.0246. The van der Waals surface area contributed by atoms with Gasteiger partial charge in [0.2, 0.25) is 16.9 Å². The van der Waals surface area contributed by atoms with Crippen molar-refractivity contribution in [2.75, 3.05) is 37.8 Å². The molecule has 2 unspecified atom stereocenters. The average Bonchev–Trinajstić information content (AvgIpc) is 3.83. The molecule has 2 aromatic rings. The molecule has 3 heterocycles. The lowest BCUT2D eigenvalue weighted by Gasteiger charge is -2.30. The van der Waals surface area contributed by atoms with Crippen LogP contribution < -0.4 is 16.4 Å². The first-order valence-electron chi connectivity index (χ1n) is 22.8. The highest BCUT2D eigenvalue weighted by atomic mass is 32.2. The van der Waals surface area contributed by atoms with Crippen LogP contribution in [0.25, 0.3) is 11.2 Å². The number of fused-ring (bicyclic) bond motifs is 1. The van der Waals surface area contributed by atoms with Crippen LogP contribution >= 0.6 is 35.2 Å². The standard InChI is InChI=1S/C40H70N7O17P3S/c1-4-5-6-7-8-9-10-11-12-13-14-15-16-17-18-19-20-31(49)68-24-23-42-30(48)21-22-43-38(52)35(51)40(2,3)26-61-67(58,59)64-66(56,57)60-25-29-34(63-65(53,54)55)33(50)39(62-29)47-28-46-32-36(41)44-27-45-37(32)47/h19-20,27-29,33-35,39,50-51H,4-18,21-26H2,1-3H3,(H,42,48)(H,43,52)(H,56,57)(H,58,59)(H2,41,44,45)(H2,53,54,55)/b20-19+/t29-,33-,34-,35+,39-/m1/s1. The van der Waals surface area contributed by atoms with Gasteiger partial charge in [-0.1, -0.05) is 122 Å². The van der Waals surface area contributed by atoms with Gasteiger partial charge < -0.3 is 50.9 Å². The molecule has 2 amide bonds. The van der Waals surface area contributed by atoms with Gasteiger partial charge in [0, 0.05) is 30.7 Å². The molecular formula is C40H70N7O17P3S. The number of carbonyl (C=O) groups is 3. The topological polar surface area (TPSA) is 364 Å². The second kappa shape index (κ2) is 29.6. The minimum Gasteiger partial charge on any atom is -0.386 e. The van der Waals surface area contributed by atoms with Crippen LogP contribution in [0.3, 0.4) is 0 Å². The highest BCUT2D eigenvalue weighted by Crippen LogP contribution is 2.61. The van der Waals surface area contributed by atoms with E-state index in [1.807, 2.05) is 6.08 Å². The number of amides is 2. The number of nitrogen functional groups attached to an aromatic ring is 1. The number of nitrogens with two attached hydrogens (primary N) is 1. The first-order chi connectivity index (χ1) is 32.1. The number of thioether (sulfide) groups is 1. The number of carbonyl (C=O) groups excluding carboxylic acids is 3. The van der Waals surface area contributed by atoms with Gasteiger partial charge in [0.05, 0.1) is 19.5 Å². The van der Waals surface area contributed by atoms with Gasteiger partial charge in [0.25, 0.3) is 0 Å². The molecule has 1 aliphatic rings.